The molecule has 0 bridgehead atoms. The SMILES string of the molecule is O=C1CN(Cc2cccc3nc(Nc4ccc(C(F)(F)F)cc4)nn23)C(=O)N1. The molecule has 0 aliphatic carbocycles. The van der Waals surface area contributed by atoms with Crippen molar-refractivity contribution in [3.8, 4) is 0 Å². The molecule has 3 amide bonds. The summed E-state index contributed by atoms with van der Waals surface area (Å²) in [4.78, 5) is 28.7. The summed E-state index contributed by atoms with van der Waals surface area (Å²) in [5.74, 6) is -0.186. The van der Waals surface area contributed by atoms with Crippen LogP contribution in [0.4, 0.5) is 29.6 Å². The second-order valence-electron chi connectivity index (χ2n) is 6.13. The minimum absolute atomic E-state index is 0.0411. The zero-order chi connectivity index (χ0) is 19.9. The number of anilines is 2. The van der Waals surface area contributed by atoms with Crippen molar-refractivity contribution in [1.82, 2.24) is 24.8 Å². The maximum Gasteiger partial charge on any atom is 0.416 e. The number of hydrogen-bond donors (Lipinski definition) is 2. The number of pyridine rings is 1. The smallest absolute Gasteiger partial charge is 0.323 e. The molecule has 1 aliphatic heterocycles. The molecule has 4 rings (SSSR count). The van der Waals surface area contributed by atoms with Crippen LogP contribution in [-0.2, 0) is 17.5 Å². The van der Waals surface area contributed by atoms with Crippen molar-refractivity contribution in [3.05, 3.63) is 53.7 Å². The number of rotatable bonds is 4. The molecule has 28 heavy (non-hydrogen) atoms. The Morgan fingerprint density at radius 1 is 1.11 bits per heavy atom. The van der Waals surface area contributed by atoms with Crippen molar-refractivity contribution in [1.29, 1.82) is 0 Å². The summed E-state index contributed by atoms with van der Waals surface area (Å²) in [6, 6.07) is 9.19. The fourth-order valence-corrected chi connectivity index (χ4v) is 2.81. The summed E-state index contributed by atoms with van der Waals surface area (Å²) in [6.07, 6.45) is -4.40. The molecular weight excluding hydrogens is 377 g/mol. The van der Waals surface area contributed by atoms with E-state index in [2.05, 4.69) is 20.7 Å². The third-order valence-corrected chi connectivity index (χ3v) is 4.13. The number of amides is 3. The average Bonchev–Trinajstić information content (AvgIpc) is 3.17. The lowest BCUT2D eigenvalue weighted by molar-refractivity contribution is -0.137. The van der Waals surface area contributed by atoms with E-state index in [1.54, 1.807) is 18.2 Å². The van der Waals surface area contributed by atoms with Gasteiger partial charge in [0.15, 0.2) is 5.65 Å². The molecule has 8 nitrogen and oxygen atoms in total. The zero-order valence-electron chi connectivity index (χ0n) is 14.2. The molecule has 0 unspecified atom stereocenters. The molecule has 0 spiro atoms. The molecule has 0 atom stereocenters. The van der Waals surface area contributed by atoms with Gasteiger partial charge in [0.2, 0.25) is 11.9 Å². The lowest BCUT2D eigenvalue weighted by Crippen LogP contribution is -2.28. The minimum Gasteiger partial charge on any atom is -0.323 e. The molecule has 3 aromatic rings. The van der Waals surface area contributed by atoms with Crippen molar-refractivity contribution in [2.45, 2.75) is 12.7 Å². The molecule has 0 saturated carbocycles. The van der Waals surface area contributed by atoms with Gasteiger partial charge in [-0.25, -0.2) is 9.31 Å². The number of halogens is 3. The molecule has 1 fully saturated rings. The van der Waals surface area contributed by atoms with Crippen LogP contribution >= 0.6 is 0 Å². The Bertz CT molecular complexity index is 1060. The minimum atomic E-state index is -4.40. The molecule has 1 aliphatic rings. The number of nitrogens with one attached hydrogen (secondary N) is 2. The highest BCUT2D eigenvalue weighted by atomic mass is 19.4. The van der Waals surface area contributed by atoms with Crippen LogP contribution < -0.4 is 10.6 Å². The van der Waals surface area contributed by atoms with E-state index >= 15 is 0 Å². The fourth-order valence-electron chi connectivity index (χ4n) is 2.81. The van der Waals surface area contributed by atoms with Gasteiger partial charge in [0, 0.05) is 5.69 Å². The molecular formula is C17H13F3N6O2. The first-order valence-corrected chi connectivity index (χ1v) is 8.17. The van der Waals surface area contributed by atoms with E-state index in [-0.39, 0.29) is 24.9 Å². The second kappa shape index (κ2) is 6.51. The highest BCUT2D eigenvalue weighted by Gasteiger charge is 2.30. The van der Waals surface area contributed by atoms with E-state index in [1.807, 2.05) is 0 Å². The molecule has 11 heteroatoms. The summed E-state index contributed by atoms with van der Waals surface area (Å²) in [6.45, 7) is 0.110. The Kier molecular flexibility index (Phi) is 4.13. The van der Waals surface area contributed by atoms with Gasteiger partial charge >= 0.3 is 12.2 Å². The predicted molar refractivity (Wildman–Crippen MR) is 91.7 cm³/mol. The Labute approximate surface area is 156 Å². The Balaban J connectivity index is 1.56. The largest absolute Gasteiger partial charge is 0.416 e. The highest BCUT2D eigenvalue weighted by molar-refractivity contribution is 6.01. The van der Waals surface area contributed by atoms with Crippen molar-refractivity contribution in [2.75, 3.05) is 11.9 Å². The monoisotopic (exact) mass is 390 g/mol. The summed E-state index contributed by atoms with van der Waals surface area (Å²) in [5, 5.41) is 9.34. The number of nitrogens with zero attached hydrogens (tertiary/aromatic N) is 4. The lowest BCUT2D eigenvalue weighted by atomic mass is 10.2. The lowest BCUT2D eigenvalue weighted by Gasteiger charge is -2.13. The average molecular weight is 390 g/mol. The van der Waals surface area contributed by atoms with Crippen LogP contribution in [0.15, 0.2) is 42.5 Å². The third kappa shape index (κ3) is 3.46. The van der Waals surface area contributed by atoms with Crippen molar-refractivity contribution in [2.24, 2.45) is 0 Å². The van der Waals surface area contributed by atoms with Gasteiger partial charge < -0.3 is 10.2 Å². The number of benzene rings is 1. The topological polar surface area (TPSA) is 91.6 Å². The van der Waals surface area contributed by atoms with E-state index in [0.29, 0.717) is 17.0 Å². The first-order chi connectivity index (χ1) is 13.3. The number of alkyl halides is 3. The molecule has 0 radical (unpaired) electrons. The van der Waals surface area contributed by atoms with E-state index < -0.39 is 17.8 Å². The second-order valence-corrected chi connectivity index (χ2v) is 6.13. The predicted octanol–water partition coefficient (Wildman–Crippen LogP) is 2.54. The standard InChI is InChI=1S/C17H13F3N6O2/c18-17(19,20)10-4-6-11(7-5-10)21-15-22-13-3-1-2-12(26(13)24-15)8-25-9-14(27)23-16(25)28/h1-7H,8-9H2,(H,21,24)(H,23,27,28). The normalized spacial score (nSPS) is 14.6. The summed E-state index contributed by atoms with van der Waals surface area (Å²) >= 11 is 0. The van der Waals surface area contributed by atoms with Crippen LogP contribution in [0.25, 0.3) is 5.65 Å². The van der Waals surface area contributed by atoms with E-state index in [9.17, 15) is 22.8 Å². The maximum atomic E-state index is 12.6. The maximum absolute atomic E-state index is 12.6. The Morgan fingerprint density at radius 3 is 2.50 bits per heavy atom. The van der Waals surface area contributed by atoms with Gasteiger partial charge in [-0.05, 0) is 36.4 Å². The third-order valence-electron chi connectivity index (χ3n) is 4.13. The van der Waals surface area contributed by atoms with Crippen LogP contribution in [-0.4, -0.2) is 38.0 Å². The number of fused-ring (bicyclic) bond motifs is 1. The van der Waals surface area contributed by atoms with Gasteiger partial charge in [0.05, 0.1) is 17.8 Å². The molecule has 2 aromatic heterocycles. The molecule has 1 saturated heterocycles. The summed E-state index contributed by atoms with van der Waals surface area (Å²) in [5.41, 5.74) is 0.755. The summed E-state index contributed by atoms with van der Waals surface area (Å²) in [7, 11) is 0. The van der Waals surface area contributed by atoms with Crippen molar-refractivity contribution < 1.29 is 22.8 Å². The van der Waals surface area contributed by atoms with Crippen LogP contribution in [0.2, 0.25) is 0 Å². The number of aromatic nitrogens is 3. The fraction of sp³-hybridized carbons (Fsp3) is 0.176. The van der Waals surface area contributed by atoms with Crippen LogP contribution in [0.1, 0.15) is 11.3 Å². The van der Waals surface area contributed by atoms with Gasteiger partial charge in [-0.3, -0.25) is 10.1 Å². The van der Waals surface area contributed by atoms with E-state index in [0.717, 1.165) is 12.1 Å². The van der Waals surface area contributed by atoms with Crippen LogP contribution in [0, 0.1) is 0 Å². The van der Waals surface area contributed by atoms with Gasteiger partial charge in [-0.15, -0.1) is 5.10 Å². The first kappa shape index (κ1) is 17.8. The highest BCUT2D eigenvalue weighted by Crippen LogP contribution is 2.30. The van der Waals surface area contributed by atoms with Crippen LogP contribution in [0.3, 0.4) is 0 Å². The number of carbonyl (C=O) groups is 2. The Morgan fingerprint density at radius 2 is 1.86 bits per heavy atom. The Hall–Kier alpha value is -3.63. The van der Waals surface area contributed by atoms with Gasteiger partial charge in [-0.2, -0.15) is 18.2 Å². The number of carbonyl (C=O) groups excluding carboxylic acids is 2. The molecule has 1 aromatic carbocycles. The van der Waals surface area contributed by atoms with Crippen molar-refractivity contribution >= 4 is 29.2 Å². The van der Waals surface area contributed by atoms with Crippen molar-refractivity contribution in [3.63, 3.8) is 0 Å². The zero-order valence-corrected chi connectivity index (χ0v) is 14.2. The van der Waals surface area contributed by atoms with E-state index in [1.165, 1.54) is 21.5 Å². The first-order valence-electron chi connectivity index (χ1n) is 8.17. The number of hydrogen-bond acceptors (Lipinski definition) is 5. The molecule has 144 valence electrons. The summed E-state index contributed by atoms with van der Waals surface area (Å²) < 4.78 is 39.4. The quantitative estimate of drug-likeness (QED) is 0.668. The van der Waals surface area contributed by atoms with E-state index in [4.69, 9.17) is 0 Å². The van der Waals surface area contributed by atoms with Crippen LogP contribution in [0.5, 0.6) is 0 Å². The van der Waals surface area contributed by atoms with Gasteiger partial charge in [-0.1, -0.05) is 6.07 Å². The van der Waals surface area contributed by atoms with Gasteiger partial charge in [0.25, 0.3) is 0 Å². The molecule has 2 N–H and O–H groups in total. The number of urea groups is 1. The molecule has 3 heterocycles. The number of imide groups is 1. The van der Waals surface area contributed by atoms with Gasteiger partial charge in [0.1, 0.15) is 6.54 Å².